The second-order valence-electron chi connectivity index (χ2n) is 7.67. The first-order valence-corrected chi connectivity index (χ1v) is 12.2. The summed E-state index contributed by atoms with van der Waals surface area (Å²) in [7, 11) is 0. The molecule has 1 fully saturated rings. The van der Waals surface area contributed by atoms with Gasteiger partial charge in [-0.25, -0.2) is 4.98 Å². The summed E-state index contributed by atoms with van der Waals surface area (Å²) < 4.78 is 0. The summed E-state index contributed by atoms with van der Waals surface area (Å²) in [5.41, 5.74) is 1.12. The van der Waals surface area contributed by atoms with Gasteiger partial charge in [0.2, 0.25) is 11.8 Å². The maximum absolute atomic E-state index is 12.4. The van der Waals surface area contributed by atoms with Crippen LogP contribution in [-0.2, 0) is 28.2 Å². The van der Waals surface area contributed by atoms with Crippen molar-refractivity contribution in [2.45, 2.75) is 50.7 Å². The highest BCUT2D eigenvalue weighted by molar-refractivity contribution is 7.99. The van der Waals surface area contributed by atoms with E-state index >= 15 is 0 Å². The second kappa shape index (κ2) is 9.30. The Labute approximate surface area is 177 Å². The van der Waals surface area contributed by atoms with Gasteiger partial charge in [0.1, 0.15) is 10.7 Å². The summed E-state index contributed by atoms with van der Waals surface area (Å²) >= 11 is 3.05. The van der Waals surface area contributed by atoms with Gasteiger partial charge in [0.25, 0.3) is 5.56 Å². The molecule has 0 bridgehead atoms. The van der Waals surface area contributed by atoms with E-state index in [9.17, 15) is 14.4 Å². The standard InChI is InChI=1S/C20H26N4O3S2/c25-16(21-8-9-22-18(26)12-4-1-2-5-12)11-28-10-15-23-19(27)17-13-6-3-7-14(13)29-20(17)24-15/h12H,1-11H2,(H,21,25)(H,22,26)(H,23,24,27). The van der Waals surface area contributed by atoms with Gasteiger partial charge in [-0.05, 0) is 37.7 Å². The van der Waals surface area contributed by atoms with E-state index in [-0.39, 0.29) is 23.3 Å². The first-order valence-electron chi connectivity index (χ1n) is 10.3. The minimum absolute atomic E-state index is 0.0625. The van der Waals surface area contributed by atoms with Gasteiger partial charge in [-0.3, -0.25) is 14.4 Å². The first-order chi connectivity index (χ1) is 14.1. The predicted molar refractivity (Wildman–Crippen MR) is 116 cm³/mol. The van der Waals surface area contributed by atoms with Gasteiger partial charge in [-0.2, -0.15) is 0 Å². The van der Waals surface area contributed by atoms with Crippen molar-refractivity contribution in [1.29, 1.82) is 0 Å². The molecule has 1 saturated carbocycles. The van der Waals surface area contributed by atoms with Crippen molar-refractivity contribution in [3.05, 3.63) is 26.6 Å². The molecule has 2 aliphatic carbocycles. The van der Waals surface area contributed by atoms with Gasteiger partial charge in [-0.1, -0.05) is 12.8 Å². The van der Waals surface area contributed by atoms with Crippen molar-refractivity contribution < 1.29 is 9.59 Å². The van der Waals surface area contributed by atoms with Crippen LogP contribution in [-0.4, -0.2) is 40.6 Å². The molecule has 0 spiro atoms. The van der Waals surface area contributed by atoms with Crippen LogP contribution in [0.25, 0.3) is 10.2 Å². The molecule has 9 heteroatoms. The number of thioether (sulfide) groups is 1. The van der Waals surface area contributed by atoms with Gasteiger partial charge in [0, 0.05) is 23.9 Å². The molecule has 2 amide bonds. The Kier molecular flexibility index (Phi) is 6.54. The van der Waals surface area contributed by atoms with Crippen LogP contribution in [0.1, 0.15) is 48.4 Å². The Hall–Kier alpha value is -1.87. The summed E-state index contributed by atoms with van der Waals surface area (Å²) in [5, 5.41) is 6.47. The number of H-pyrrole nitrogens is 1. The molecule has 0 aliphatic heterocycles. The van der Waals surface area contributed by atoms with E-state index in [2.05, 4.69) is 20.6 Å². The van der Waals surface area contributed by atoms with E-state index < -0.39 is 0 Å². The lowest BCUT2D eigenvalue weighted by atomic mass is 10.1. The zero-order chi connectivity index (χ0) is 20.2. The Morgan fingerprint density at radius 2 is 1.93 bits per heavy atom. The van der Waals surface area contributed by atoms with Gasteiger partial charge >= 0.3 is 0 Å². The summed E-state index contributed by atoms with van der Waals surface area (Å²) in [6.45, 7) is 0.889. The number of nitrogens with zero attached hydrogens (tertiary/aromatic N) is 1. The fourth-order valence-corrected chi connectivity index (χ4v) is 6.13. The zero-order valence-electron chi connectivity index (χ0n) is 16.3. The maximum atomic E-state index is 12.4. The van der Waals surface area contributed by atoms with Crippen LogP contribution in [0.3, 0.4) is 0 Å². The summed E-state index contributed by atoms with van der Waals surface area (Å²) in [4.78, 5) is 45.9. The number of fused-ring (bicyclic) bond motifs is 3. The molecule has 2 heterocycles. The average molecular weight is 435 g/mol. The average Bonchev–Trinajstić information content (AvgIpc) is 3.41. The molecule has 0 atom stereocenters. The number of aryl methyl sites for hydroxylation is 2. The van der Waals surface area contributed by atoms with Crippen LogP contribution in [0.2, 0.25) is 0 Å². The zero-order valence-corrected chi connectivity index (χ0v) is 18.0. The second-order valence-corrected chi connectivity index (χ2v) is 9.73. The Balaban J connectivity index is 1.18. The lowest BCUT2D eigenvalue weighted by Gasteiger charge is -2.10. The molecule has 2 aromatic rings. The molecule has 4 rings (SSSR count). The first kappa shape index (κ1) is 20.4. The number of aromatic nitrogens is 2. The molecule has 7 nitrogen and oxygen atoms in total. The quantitative estimate of drug-likeness (QED) is 0.552. The van der Waals surface area contributed by atoms with Crippen molar-refractivity contribution in [3.63, 3.8) is 0 Å². The van der Waals surface area contributed by atoms with Crippen LogP contribution in [0, 0.1) is 5.92 Å². The number of aromatic amines is 1. The van der Waals surface area contributed by atoms with E-state index in [1.165, 1.54) is 22.2 Å². The number of thiophene rings is 1. The molecule has 2 aliphatic rings. The number of hydrogen-bond acceptors (Lipinski definition) is 6. The number of rotatable bonds is 8. The van der Waals surface area contributed by atoms with E-state index in [0.717, 1.165) is 55.2 Å². The van der Waals surface area contributed by atoms with E-state index in [1.54, 1.807) is 11.3 Å². The van der Waals surface area contributed by atoms with Crippen molar-refractivity contribution in [1.82, 2.24) is 20.6 Å². The lowest BCUT2D eigenvalue weighted by Crippen LogP contribution is -2.37. The highest BCUT2D eigenvalue weighted by Crippen LogP contribution is 2.34. The Morgan fingerprint density at radius 1 is 1.14 bits per heavy atom. The highest BCUT2D eigenvalue weighted by atomic mass is 32.2. The fraction of sp³-hybridized carbons (Fsp3) is 0.600. The molecule has 0 radical (unpaired) electrons. The molecule has 29 heavy (non-hydrogen) atoms. The van der Waals surface area contributed by atoms with Crippen molar-refractivity contribution in [2.24, 2.45) is 5.92 Å². The molecule has 156 valence electrons. The lowest BCUT2D eigenvalue weighted by molar-refractivity contribution is -0.125. The number of carbonyl (C=O) groups excluding carboxylic acids is 2. The molecule has 3 N–H and O–H groups in total. The van der Waals surface area contributed by atoms with Crippen LogP contribution >= 0.6 is 23.1 Å². The molecular formula is C20H26N4O3S2. The summed E-state index contributed by atoms with van der Waals surface area (Å²) in [5.74, 6) is 1.57. The number of hydrogen-bond donors (Lipinski definition) is 3. The molecular weight excluding hydrogens is 408 g/mol. The third kappa shape index (κ3) is 4.83. The highest BCUT2D eigenvalue weighted by Gasteiger charge is 2.22. The van der Waals surface area contributed by atoms with Crippen molar-refractivity contribution >= 4 is 45.1 Å². The van der Waals surface area contributed by atoms with E-state index in [4.69, 9.17) is 0 Å². The maximum Gasteiger partial charge on any atom is 0.259 e. The van der Waals surface area contributed by atoms with E-state index in [0.29, 0.717) is 30.4 Å². The fourth-order valence-electron chi connectivity index (χ4n) is 4.13. The topological polar surface area (TPSA) is 104 Å². The SMILES string of the molecule is O=C(CSCc1nc2sc3c(c2c(=O)[nH]1)CCC3)NCCNC(=O)C1CCCC1. The number of amides is 2. The number of carbonyl (C=O) groups is 2. The van der Waals surface area contributed by atoms with Crippen LogP contribution < -0.4 is 16.2 Å². The van der Waals surface area contributed by atoms with Crippen molar-refractivity contribution in [2.75, 3.05) is 18.8 Å². The van der Waals surface area contributed by atoms with Crippen LogP contribution in [0.5, 0.6) is 0 Å². The molecule has 2 aromatic heterocycles. The van der Waals surface area contributed by atoms with Crippen LogP contribution in [0.15, 0.2) is 4.79 Å². The van der Waals surface area contributed by atoms with Gasteiger partial charge in [0.15, 0.2) is 0 Å². The monoisotopic (exact) mass is 434 g/mol. The third-order valence-electron chi connectivity index (χ3n) is 5.57. The third-order valence-corrected chi connectivity index (χ3v) is 7.70. The minimum Gasteiger partial charge on any atom is -0.354 e. The molecule has 0 unspecified atom stereocenters. The smallest absolute Gasteiger partial charge is 0.259 e. The van der Waals surface area contributed by atoms with Crippen molar-refractivity contribution in [3.8, 4) is 0 Å². The minimum atomic E-state index is -0.0800. The largest absolute Gasteiger partial charge is 0.354 e. The van der Waals surface area contributed by atoms with E-state index in [1.807, 2.05) is 0 Å². The summed E-state index contributed by atoms with van der Waals surface area (Å²) in [6.07, 6.45) is 7.35. The van der Waals surface area contributed by atoms with Gasteiger partial charge in [0.05, 0.1) is 16.9 Å². The predicted octanol–water partition coefficient (Wildman–Crippen LogP) is 2.13. The normalized spacial score (nSPS) is 16.3. The summed E-state index contributed by atoms with van der Waals surface area (Å²) in [6, 6.07) is 0. The molecule has 0 saturated heterocycles. The van der Waals surface area contributed by atoms with Crippen LogP contribution in [0.4, 0.5) is 0 Å². The Bertz CT molecular complexity index is 963. The number of nitrogens with one attached hydrogen (secondary N) is 3. The van der Waals surface area contributed by atoms with Gasteiger partial charge < -0.3 is 15.6 Å². The Morgan fingerprint density at radius 3 is 2.76 bits per heavy atom. The molecule has 0 aromatic carbocycles. The van der Waals surface area contributed by atoms with Gasteiger partial charge in [-0.15, -0.1) is 23.1 Å².